The molecule has 0 spiro atoms. The van der Waals surface area contributed by atoms with Crippen LogP contribution >= 0.6 is 15.9 Å². The first-order chi connectivity index (χ1) is 7.70. The zero-order chi connectivity index (χ0) is 11.5. The number of nitrogens with zero attached hydrogens (tertiary/aromatic N) is 2. The fraction of sp³-hybridized carbons (Fsp3) is 0.0909. The van der Waals surface area contributed by atoms with E-state index in [0.717, 1.165) is 11.4 Å². The van der Waals surface area contributed by atoms with E-state index in [1.807, 2.05) is 0 Å². The highest BCUT2D eigenvalue weighted by Gasteiger charge is 2.07. The first-order valence-electron chi connectivity index (χ1n) is 4.67. The van der Waals surface area contributed by atoms with Gasteiger partial charge in [-0.2, -0.15) is 0 Å². The van der Waals surface area contributed by atoms with Crippen molar-refractivity contribution in [2.45, 2.75) is 0 Å². The quantitative estimate of drug-likeness (QED) is 0.919. The second kappa shape index (κ2) is 4.57. The molecule has 0 aliphatic heterocycles. The molecule has 0 bridgehead atoms. The molecule has 5 heteroatoms. The monoisotopic (exact) mass is 281 g/mol. The number of aromatic nitrogens is 2. The van der Waals surface area contributed by atoms with Gasteiger partial charge in [0.25, 0.3) is 0 Å². The fourth-order valence-electron chi connectivity index (χ4n) is 1.30. The van der Waals surface area contributed by atoms with Crippen molar-refractivity contribution in [2.75, 3.05) is 12.4 Å². The summed E-state index contributed by atoms with van der Waals surface area (Å²) in [6.45, 7) is 0. The first-order valence-corrected chi connectivity index (χ1v) is 5.46. The van der Waals surface area contributed by atoms with Crippen LogP contribution in [0, 0.1) is 5.82 Å². The number of nitrogens with one attached hydrogen (secondary N) is 1. The van der Waals surface area contributed by atoms with Gasteiger partial charge in [0, 0.05) is 23.3 Å². The van der Waals surface area contributed by atoms with E-state index in [1.165, 1.54) is 12.1 Å². The lowest BCUT2D eigenvalue weighted by Crippen LogP contribution is -1.96. The largest absolute Gasteiger partial charge is 0.373 e. The second-order valence-electron chi connectivity index (χ2n) is 3.14. The molecule has 2 rings (SSSR count). The van der Waals surface area contributed by atoms with E-state index < -0.39 is 0 Å². The Morgan fingerprint density at radius 1 is 1.31 bits per heavy atom. The summed E-state index contributed by atoms with van der Waals surface area (Å²) in [5.74, 6) is 0.986. The highest BCUT2D eigenvalue weighted by molar-refractivity contribution is 9.10. The Morgan fingerprint density at radius 3 is 2.81 bits per heavy atom. The summed E-state index contributed by atoms with van der Waals surface area (Å²) in [4.78, 5) is 8.42. The summed E-state index contributed by atoms with van der Waals surface area (Å²) in [5, 5.41) is 2.93. The van der Waals surface area contributed by atoms with Crippen LogP contribution < -0.4 is 5.32 Å². The zero-order valence-corrected chi connectivity index (χ0v) is 10.1. The predicted molar refractivity (Wildman–Crippen MR) is 64.7 cm³/mol. The van der Waals surface area contributed by atoms with Crippen LogP contribution in [-0.4, -0.2) is 17.0 Å². The van der Waals surface area contributed by atoms with E-state index in [-0.39, 0.29) is 5.82 Å². The van der Waals surface area contributed by atoms with Crippen molar-refractivity contribution in [1.29, 1.82) is 0 Å². The summed E-state index contributed by atoms with van der Waals surface area (Å²) < 4.78 is 13.6. The van der Waals surface area contributed by atoms with Gasteiger partial charge in [-0.1, -0.05) is 0 Å². The minimum Gasteiger partial charge on any atom is -0.373 e. The standard InChI is InChI=1S/C11H9BrFN3/c1-14-10-4-5-15-11(16-10)8-3-2-7(13)6-9(8)12/h2-6H,1H3,(H,14,15,16). The molecule has 3 nitrogen and oxygen atoms in total. The third-order valence-corrected chi connectivity index (χ3v) is 2.74. The molecule has 0 aliphatic carbocycles. The molecule has 1 N–H and O–H groups in total. The maximum absolute atomic E-state index is 12.9. The Morgan fingerprint density at radius 2 is 2.12 bits per heavy atom. The predicted octanol–water partition coefficient (Wildman–Crippen LogP) is 3.09. The van der Waals surface area contributed by atoms with Gasteiger partial charge in [-0.3, -0.25) is 0 Å². The molecule has 0 radical (unpaired) electrons. The number of anilines is 1. The summed E-state index contributed by atoms with van der Waals surface area (Å²) >= 11 is 3.29. The molecule has 1 aromatic carbocycles. The lowest BCUT2D eigenvalue weighted by atomic mass is 10.2. The van der Waals surface area contributed by atoms with Gasteiger partial charge in [-0.15, -0.1) is 0 Å². The van der Waals surface area contributed by atoms with E-state index in [1.54, 1.807) is 25.4 Å². The molecule has 0 unspecified atom stereocenters. The van der Waals surface area contributed by atoms with E-state index >= 15 is 0 Å². The van der Waals surface area contributed by atoms with Gasteiger partial charge in [0.2, 0.25) is 0 Å². The van der Waals surface area contributed by atoms with Crippen molar-refractivity contribution in [1.82, 2.24) is 9.97 Å². The summed E-state index contributed by atoms with van der Waals surface area (Å²) in [6, 6.07) is 6.19. The van der Waals surface area contributed by atoms with Crippen molar-refractivity contribution in [3.05, 3.63) is 40.8 Å². The Kier molecular flexibility index (Phi) is 3.14. The van der Waals surface area contributed by atoms with Gasteiger partial charge in [0.15, 0.2) is 5.82 Å². The number of benzene rings is 1. The van der Waals surface area contributed by atoms with Gasteiger partial charge in [0.05, 0.1) is 0 Å². The lowest BCUT2D eigenvalue weighted by molar-refractivity contribution is 0.627. The molecule has 0 atom stereocenters. The smallest absolute Gasteiger partial charge is 0.162 e. The topological polar surface area (TPSA) is 37.8 Å². The molecule has 82 valence electrons. The van der Waals surface area contributed by atoms with Gasteiger partial charge in [-0.25, -0.2) is 14.4 Å². The van der Waals surface area contributed by atoms with Crippen LogP contribution in [0.25, 0.3) is 11.4 Å². The average molecular weight is 282 g/mol. The normalized spacial score (nSPS) is 10.2. The maximum atomic E-state index is 12.9. The van der Waals surface area contributed by atoms with Crippen LogP contribution in [-0.2, 0) is 0 Å². The average Bonchev–Trinajstić information content (AvgIpc) is 2.29. The Balaban J connectivity index is 2.49. The van der Waals surface area contributed by atoms with Crippen molar-refractivity contribution in [3.63, 3.8) is 0 Å². The van der Waals surface area contributed by atoms with Crippen molar-refractivity contribution in [2.24, 2.45) is 0 Å². The van der Waals surface area contributed by atoms with Crippen LogP contribution in [0.5, 0.6) is 0 Å². The molecule has 0 fully saturated rings. The Labute approximate surface area is 101 Å². The van der Waals surface area contributed by atoms with Crippen molar-refractivity contribution in [3.8, 4) is 11.4 Å². The van der Waals surface area contributed by atoms with Crippen LogP contribution in [0.3, 0.4) is 0 Å². The number of hydrogen-bond acceptors (Lipinski definition) is 3. The van der Waals surface area contributed by atoms with Gasteiger partial charge < -0.3 is 5.32 Å². The van der Waals surface area contributed by atoms with E-state index in [0.29, 0.717) is 10.3 Å². The molecule has 0 aliphatic rings. The summed E-state index contributed by atoms with van der Waals surface area (Å²) in [6.07, 6.45) is 1.66. The van der Waals surface area contributed by atoms with Gasteiger partial charge in [-0.05, 0) is 40.2 Å². The maximum Gasteiger partial charge on any atom is 0.162 e. The van der Waals surface area contributed by atoms with Gasteiger partial charge >= 0.3 is 0 Å². The molecule has 0 amide bonds. The molecular weight excluding hydrogens is 273 g/mol. The van der Waals surface area contributed by atoms with Crippen LogP contribution in [0.2, 0.25) is 0 Å². The minimum absolute atomic E-state index is 0.291. The van der Waals surface area contributed by atoms with Crippen LogP contribution in [0.15, 0.2) is 34.9 Å². The molecule has 1 heterocycles. The number of hydrogen-bond donors (Lipinski definition) is 1. The molecule has 2 aromatic rings. The third-order valence-electron chi connectivity index (χ3n) is 2.08. The molecule has 0 saturated carbocycles. The fourth-order valence-corrected chi connectivity index (χ4v) is 1.83. The Bertz CT molecular complexity index is 516. The Hall–Kier alpha value is -1.49. The molecular formula is C11H9BrFN3. The summed E-state index contributed by atoms with van der Waals surface area (Å²) in [7, 11) is 1.78. The molecule has 0 saturated heterocycles. The molecule has 16 heavy (non-hydrogen) atoms. The number of rotatable bonds is 2. The zero-order valence-electron chi connectivity index (χ0n) is 8.54. The number of halogens is 2. The van der Waals surface area contributed by atoms with Gasteiger partial charge in [0.1, 0.15) is 11.6 Å². The minimum atomic E-state index is -0.291. The van der Waals surface area contributed by atoms with Crippen molar-refractivity contribution >= 4 is 21.7 Å². The van der Waals surface area contributed by atoms with Crippen molar-refractivity contribution < 1.29 is 4.39 Å². The molecule has 1 aromatic heterocycles. The van der Waals surface area contributed by atoms with E-state index in [2.05, 4.69) is 31.2 Å². The third kappa shape index (κ3) is 2.19. The lowest BCUT2D eigenvalue weighted by Gasteiger charge is -2.05. The van der Waals surface area contributed by atoms with Crippen LogP contribution in [0.1, 0.15) is 0 Å². The van der Waals surface area contributed by atoms with Crippen LogP contribution in [0.4, 0.5) is 10.2 Å². The van der Waals surface area contributed by atoms with E-state index in [9.17, 15) is 4.39 Å². The first kappa shape index (κ1) is 11.0. The highest BCUT2D eigenvalue weighted by atomic mass is 79.9. The summed E-state index contributed by atoms with van der Waals surface area (Å²) in [5.41, 5.74) is 0.763. The SMILES string of the molecule is CNc1ccnc(-c2ccc(F)cc2Br)n1. The highest BCUT2D eigenvalue weighted by Crippen LogP contribution is 2.26. The second-order valence-corrected chi connectivity index (χ2v) is 3.99. The van der Waals surface area contributed by atoms with E-state index in [4.69, 9.17) is 0 Å².